The van der Waals surface area contributed by atoms with Crippen molar-refractivity contribution in [3.63, 3.8) is 0 Å². The number of fused-ring (bicyclic) bond motifs is 5. The molecule has 24 heavy (non-hydrogen) atoms. The molecule has 1 saturated heterocycles. The molecule has 2 unspecified atom stereocenters. The lowest BCUT2D eigenvalue weighted by Gasteiger charge is -2.44. The van der Waals surface area contributed by atoms with Crippen molar-refractivity contribution in [1.29, 1.82) is 0 Å². The minimum absolute atomic E-state index is 0.0534. The number of ether oxygens (including phenoxy) is 1. The van der Waals surface area contributed by atoms with Crippen molar-refractivity contribution in [3.05, 3.63) is 35.5 Å². The summed E-state index contributed by atoms with van der Waals surface area (Å²) in [6, 6.07) is 9.07. The van der Waals surface area contributed by atoms with E-state index in [9.17, 15) is 4.79 Å². The molecular formula is C20H26N2O2. The molecule has 2 aliphatic rings. The smallest absolute Gasteiger partial charge is 0.305 e. The van der Waals surface area contributed by atoms with E-state index in [-0.39, 0.29) is 5.97 Å². The Bertz CT molecular complexity index is 736. The van der Waals surface area contributed by atoms with E-state index in [1.165, 1.54) is 41.5 Å². The van der Waals surface area contributed by atoms with Crippen LogP contribution >= 0.6 is 0 Å². The van der Waals surface area contributed by atoms with Crippen LogP contribution in [0.15, 0.2) is 24.3 Å². The average Bonchev–Trinajstić information content (AvgIpc) is 2.99. The minimum Gasteiger partial charge on any atom is -0.466 e. The maximum atomic E-state index is 11.8. The second-order valence-electron chi connectivity index (χ2n) is 7.04. The van der Waals surface area contributed by atoms with E-state index in [4.69, 9.17) is 4.74 Å². The molecule has 0 saturated carbocycles. The largest absolute Gasteiger partial charge is 0.466 e. The van der Waals surface area contributed by atoms with Gasteiger partial charge >= 0.3 is 5.97 Å². The summed E-state index contributed by atoms with van der Waals surface area (Å²) in [4.78, 5) is 18.1. The Hall–Kier alpha value is -1.81. The highest BCUT2D eigenvalue weighted by molar-refractivity contribution is 5.85. The Morgan fingerprint density at radius 2 is 2.21 bits per heavy atom. The molecule has 2 aromatic rings. The molecule has 0 aliphatic carbocycles. The Kier molecular flexibility index (Phi) is 4.31. The molecule has 4 rings (SSSR count). The van der Waals surface area contributed by atoms with Crippen molar-refractivity contribution >= 4 is 16.9 Å². The minimum atomic E-state index is -0.0534. The Morgan fingerprint density at radius 1 is 1.33 bits per heavy atom. The zero-order valence-corrected chi connectivity index (χ0v) is 14.4. The molecule has 128 valence electrons. The van der Waals surface area contributed by atoms with Gasteiger partial charge < -0.3 is 9.72 Å². The molecule has 1 N–H and O–H groups in total. The van der Waals surface area contributed by atoms with Crippen LogP contribution in [-0.4, -0.2) is 35.5 Å². The number of H-pyrrole nitrogens is 1. The summed E-state index contributed by atoms with van der Waals surface area (Å²) in [6.45, 7) is 4.66. The SMILES string of the molecule is CCOC(=O)CCC1CCCN2CCc3c([nH]c4ccccc34)C12. The van der Waals surface area contributed by atoms with E-state index < -0.39 is 0 Å². The average molecular weight is 326 g/mol. The van der Waals surface area contributed by atoms with Crippen LogP contribution in [0.25, 0.3) is 10.9 Å². The van der Waals surface area contributed by atoms with E-state index in [2.05, 4.69) is 34.1 Å². The van der Waals surface area contributed by atoms with E-state index >= 15 is 0 Å². The topological polar surface area (TPSA) is 45.3 Å². The zero-order chi connectivity index (χ0) is 16.5. The van der Waals surface area contributed by atoms with Gasteiger partial charge in [0.2, 0.25) is 0 Å². The number of carbonyl (C=O) groups excluding carboxylic acids is 1. The zero-order valence-electron chi connectivity index (χ0n) is 14.4. The number of rotatable bonds is 4. The van der Waals surface area contributed by atoms with Crippen molar-refractivity contribution in [2.75, 3.05) is 19.7 Å². The quantitative estimate of drug-likeness (QED) is 0.869. The third-order valence-electron chi connectivity index (χ3n) is 5.68. The first-order chi connectivity index (χ1) is 11.8. The lowest BCUT2D eigenvalue weighted by molar-refractivity contribution is -0.143. The van der Waals surface area contributed by atoms with E-state index in [1.54, 1.807) is 0 Å². The highest BCUT2D eigenvalue weighted by Crippen LogP contribution is 2.44. The number of aromatic nitrogens is 1. The van der Waals surface area contributed by atoms with Crippen molar-refractivity contribution in [1.82, 2.24) is 9.88 Å². The van der Waals surface area contributed by atoms with Gasteiger partial charge in [0.25, 0.3) is 0 Å². The standard InChI is InChI=1S/C20H26N2O2/c1-2-24-18(23)10-9-14-6-5-12-22-13-11-16-15-7-3-4-8-17(15)21-19(16)20(14)22/h3-4,7-8,14,20-21H,2,5-6,9-13H2,1H3. The summed E-state index contributed by atoms with van der Waals surface area (Å²) >= 11 is 0. The number of hydrogen-bond donors (Lipinski definition) is 1. The number of para-hydroxylation sites is 1. The lowest BCUT2D eigenvalue weighted by Crippen LogP contribution is -2.43. The molecule has 4 nitrogen and oxygen atoms in total. The van der Waals surface area contributed by atoms with Crippen LogP contribution in [-0.2, 0) is 16.0 Å². The van der Waals surface area contributed by atoms with Crippen molar-refractivity contribution < 1.29 is 9.53 Å². The third-order valence-corrected chi connectivity index (χ3v) is 5.68. The van der Waals surface area contributed by atoms with Crippen LogP contribution in [0.4, 0.5) is 0 Å². The van der Waals surface area contributed by atoms with Crippen LogP contribution in [0.2, 0.25) is 0 Å². The van der Waals surface area contributed by atoms with Gasteiger partial charge in [-0.25, -0.2) is 0 Å². The maximum Gasteiger partial charge on any atom is 0.305 e. The molecule has 3 heterocycles. The first kappa shape index (κ1) is 15.7. The van der Waals surface area contributed by atoms with E-state index in [1.807, 2.05) is 6.92 Å². The van der Waals surface area contributed by atoms with E-state index in [0.29, 0.717) is 25.0 Å². The van der Waals surface area contributed by atoms with Crippen LogP contribution < -0.4 is 0 Å². The van der Waals surface area contributed by atoms with Crippen LogP contribution in [0.5, 0.6) is 0 Å². The monoisotopic (exact) mass is 326 g/mol. The number of benzene rings is 1. The Morgan fingerprint density at radius 3 is 3.08 bits per heavy atom. The number of esters is 1. The van der Waals surface area contributed by atoms with Gasteiger partial charge in [0.05, 0.1) is 12.6 Å². The molecule has 0 bridgehead atoms. The first-order valence-corrected chi connectivity index (χ1v) is 9.27. The van der Waals surface area contributed by atoms with Crippen molar-refractivity contribution in [2.24, 2.45) is 5.92 Å². The fourth-order valence-corrected chi connectivity index (χ4v) is 4.66. The molecule has 4 heteroatoms. The van der Waals surface area contributed by atoms with Crippen LogP contribution in [0.1, 0.15) is 49.9 Å². The molecule has 2 aliphatic heterocycles. The molecule has 2 atom stereocenters. The number of aromatic amines is 1. The van der Waals surface area contributed by atoms with Gasteiger partial charge in [-0.1, -0.05) is 18.2 Å². The fourth-order valence-electron chi connectivity index (χ4n) is 4.66. The normalized spacial score (nSPS) is 23.7. The van der Waals surface area contributed by atoms with E-state index in [0.717, 1.165) is 19.4 Å². The third kappa shape index (κ3) is 2.73. The number of hydrogen-bond acceptors (Lipinski definition) is 3. The fraction of sp³-hybridized carbons (Fsp3) is 0.550. The second kappa shape index (κ2) is 6.60. The Labute approximate surface area is 143 Å². The number of piperidine rings is 1. The summed E-state index contributed by atoms with van der Waals surface area (Å²) in [5.41, 5.74) is 4.14. The number of nitrogens with one attached hydrogen (secondary N) is 1. The molecule has 1 fully saturated rings. The molecule has 0 spiro atoms. The first-order valence-electron chi connectivity index (χ1n) is 9.27. The van der Waals surface area contributed by atoms with Crippen molar-refractivity contribution in [3.8, 4) is 0 Å². The number of nitrogens with zero attached hydrogens (tertiary/aromatic N) is 1. The predicted molar refractivity (Wildman–Crippen MR) is 94.9 cm³/mol. The summed E-state index contributed by atoms with van der Waals surface area (Å²) < 4.78 is 5.13. The van der Waals surface area contributed by atoms with Gasteiger partial charge in [-0.05, 0) is 56.7 Å². The van der Waals surface area contributed by atoms with Gasteiger partial charge in [-0.15, -0.1) is 0 Å². The molecule has 1 aromatic heterocycles. The van der Waals surface area contributed by atoms with Gasteiger partial charge in [0.1, 0.15) is 0 Å². The highest BCUT2D eigenvalue weighted by atomic mass is 16.5. The van der Waals surface area contributed by atoms with Gasteiger partial charge in [0, 0.05) is 29.6 Å². The summed E-state index contributed by atoms with van der Waals surface area (Å²) in [6.07, 6.45) is 5.03. The Balaban J connectivity index is 1.62. The summed E-state index contributed by atoms with van der Waals surface area (Å²) in [7, 11) is 0. The molecule has 1 aromatic carbocycles. The van der Waals surface area contributed by atoms with Crippen LogP contribution in [0, 0.1) is 5.92 Å². The number of carbonyl (C=O) groups is 1. The molecule has 0 amide bonds. The maximum absolute atomic E-state index is 11.8. The summed E-state index contributed by atoms with van der Waals surface area (Å²) in [5, 5.41) is 1.38. The summed E-state index contributed by atoms with van der Waals surface area (Å²) in [5.74, 6) is 0.484. The molecule has 0 radical (unpaired) electrons. The van der Waals surface area contributed by atoms with Gasteiger partial charge in [-0.2, -0.15) is 0 Å². The molecular weight excluding hydrogens is 300 g/mol. The lowest BCUT2D eigenvalue weighted by atomic mass is 9.80. The predicted octanol–water partition coefficient (Wildman–Crippen LogP) is 3.82. The highest BCUT2D eigenvalue weighted by Gasteiger charge is 2.38. The van der Waals surface area contributed by atoms with Crippen LogP contribution in [0.3, 0.4) is 0 Å². The second-order valence-corrected chi connectivity index (χ2v) is 7.04. The van der Waals surface area contributed by atoms with Gasteiger partial charge in [0.15, 0.2) is 0 Å². The van der Waals surface area contributed by atoms with Crippen molar-refractivity contribution in [2.45, 2.75) is 45.1 Å². The van der Waals surface area contributed by atoms with Gasteiger partial charge in [-0.3, -0.25) is 9.69 Å².